The second-order valence-corrected chi connectivity index (χ2v) is 5.96. The van der Waals surface area contributed by atoms with E-state index in [2.05, 4.69) is 41.4 Å². The highest BCUT2D eigenvalue weighted by molar-refractivity contribution is 5.59. The summed E-state index contributed by atoms with van der Waals surface area (Å²) in [7, 11) is 0. The molecule has 0 radical (unpaired) electrons. The van der Waals surface area contributed by atoms with E-state index < -0.39 is 0 Å². The van der Waals surface area contributed by atoms with Crippen molar-refractivity contribution in [3.05, 3.63) is 11.9 Å². The van der Waals surface area contributed by atoms with Crippen molar-refractivity contribution in [1.29, 1.82) is 0 Å². The van der Waals surface area contributed by atoms with Gasteiger partial charge in [0.05, 0.1) is 6.10 Å². The molecule has 0 saturated heterocycles. The van der Waals surface area contributed by atoms with Gasteiger partial charge in [-0.25, -0.2) is 9.97 Å². The topological polar surface area (TPSA) is 59.1 Å². The molecule has 0 bridgehead atoms. The average molecular weight is 292 g/mol. The van der Waals surface area contributed by atoms with E-state index in [0.717, 1.165) is 44.0 Å². The fourth-order valence-electron chi connectivity index (χ4n) is 2.69. The lowest BCUT2D eigenvalue weighted by Gasteiger charge is -2.36. The molecule has 0 aliphatic heterocycles. The second-order valence-electron chi connectivity index (χ2n) is 5.96. The molecule has 1 aliphatic rings. The molecule has 1 heterocycles. The Bertz CT molecular complexity index is 444. The van der Waals surface area contributed by atoms with Gasteiger partial charge in [-0.15, -0.1) is 0 Å². The van der Waals surface area contributed by atoms with Crippen molar-refractivity contribution < 1.29 is 4.74 Å². The summed E-state index contributed by atoms with van der Waals surface area (Å²) < 4.78 is 5.62. The number of hydrogen-bond donors (Lipinski definition) is 2. The highest BCUT2D eigenvalue weighted by Gasteiger charge is 2.30. The third-order valence-electron chi connectivity index (χ3n) is 3.84. The van der Waals surface area contributed by atoms with Gasteiger partial charge >= 0.3 is 0 Å². The van der Waals surface area contributed by atoms with Gasteiger partial charge in [0.2, 0.25) is 0 Å². The molecule has 0 aromatic carbocycles. The Hall–Kier alpha value is -1.36. The molecule has 1 fully saturated rings. The normalized spacial score (nSPS) is 21.2. The first-order valence-electron chi connectivity index (χ1n) is 8.12. The molecule has 5 nitrogen and oxygen atoms in total. The zero-order chi connectivity index (χ0) is 15.2. The van der Waals surface area contributed by atoms with E-state index >= 15 is 0 Å². The van der Waals surface area contributed by atoms with Gasteiger partial charge in [-0.05, 0) is 32.1 Å². The Morgan fingerprint density at radius 3 is 2.57 bits per heavy atom. The minimum absolute atomic E-state index is 0.385. The SMILES string of the molecule is CCCNc1ncnc(NC2CC(OCC)C2)c1C(C)C. The van der Waals surface area contributed by atoms with Crippen molar-refractivity contribution in [3.8, 4) is 0 Å². The molecule has 1 aliphatic carbocycles. The average Bonchev–Trinajstić information content (AvgIpc) is 2.42. The van der Waals surface area contributed by atoms with E-state index in [1.807, 2.05) is 6.92 Å². The van der Waals surface area contributed by atoms with Crippen LogP contribution >= 0.6 is 0 Å². The Kier molecular flexibility index (Phi) is 5.79. The molecule has 0 amide bonds. The van der Waals surface area contributed by atoms with Gasteiger partial charge in [-0.2, -0.15) is 0 Å². The van der Waals surface area contributed by atoms with Gasteiger partial charge in [-0.1, -0.05) is 20.8 Å². The van der Waals surface area contributed by atoms with E-state index in [0.29, 0.717) is 18.1 Å². The molecular formula is C16H28N4O. The molecule has 0 unspecified atom stereocenters. The van der Waals surface area contributed by atoms with Crippen LogP contribution in [0.1, 0.15) is 58.4 Å². The zero-order valence-electron chi connectivity index (χ0n) is 13.6. The first kappa shape index (κ1) is 16.0. The largest absolute Gasteiger partial charge is 0.378 e. The van der Waals surface area contributed by atoms with Crippen LogP contribution < -0.4 is 10.6 Å². The van der Waals surface area contributed by atoms with Crippen LogP contribution in [0.25, 0.3) is 0 Å². The van der Waals surface area contributed by atoms with Crippen molar-refractivity contribution >= 4 is 11.6 Å². The summed E-state index contributed by atoms with van der Waals surface area (Å²) in [5, 5.41) is 6.97. The smallest absolute Gasteiger partial charge is 0.135 e. The molecule has 1 aromatic rings. The molecule has 1 saturated carbocycles. The lowest BCUT2D eigenvalue weighted by molar-refractivity contribution is 0.00291. The standard InChI is InChI=1S/C16H28N4O/c1-5-7-17-15-14(11(3)4)16(19-10-18-15)20-12-8-13(9-12)21-6-2/h10-13H,5-9H2,1-4H3,(H2,17,18,19,20). The number of nitrogens with one attached hydrogen (secondary N) is 2. The van der Waals surface area contributed by atoms with Crippen LogP contribution in [-0.2, 0) is 4.74 Å². The maximum atomic E-state index is 5.62. The summed E-state index contributed by atoms with van der Waals surface area (Å²) in [6.07, 6.45) is 5.27. The molecule has 2 N–H and O–H groups in total. The van der Waals surface area contributed by atoms with Crippen LogP contribution in [0.4, 0.5) is 11.6 Å². The van der Waals surface area contributed by atoms with Gasteiger partial charge in [0.25, 0.3) is 0 Å². The number of anilines is 2. The van der Waals surface area contributed by atoms with E-state index in [1.165, 1.54) is 5.56 Å². The van der Waals surface area contributed by atoms with Gasteiger partial charge in [-0.3, -0.25) is 0 Å². The van der Waals surface area contributed by atoms with E-state index in [-0.39, 0.29) is 0 Å². The maximum Gasteiger partial charge on any atom is 0.135 e. The fourth-order valence-corrected chi connectivity index (χ4v) is 2.69. The molecule has 0 spiro atoms. The third kappa shape index (κ3) is 4.06. The third-order valence-corrected chi connectivity index (χ3v) is 3.84. The zero-order valence-corrected chi connectivity index (χ0v) is 13.6. The van der Waals surface area contributed by atoms with Crippen LogP contribution in [0.5, 0.6) is 0 Å². The van der Waals surface area contributed by atoms with Crippen molar-refractivity contribution in [2.45, 2.75) is 65.0 Å². The minimum Gasteiger partial charge on any atom is -0.378 e. The molecule has 21 heavy (non-hydrogen) atoms. The number of aromatic nitrogens is 2. The highest BCUT2D eigenvalue weighted by atomic mass is 16.5. The monoisotopic (exact) mass is 292 g/mol. The fraction of sp³-hybridized carbons (Fsp3) is 0.750. The Morgan fingerprint density at radius 1 is 1.24 bits per heavy atom. The molecule has 2 rings (SSSR count). The lowest BCUT2D eigenvalue weighted by atomic mass is 9.89. The molecule has 0 atom stereocenters. The molecule has 1 aromatic heterocycles. The minimum atomic E-state index is 0.385. The van der Waals surface area contributed by atoms with Crippen molar-refractivity contribution in [1.82, 2.24) is 9.97 Å². The maximum absolute atomic E-state index is 5.62. The van der Waals surface area contributed by atoms with Crippen molar-refractivity contribution in [2.24, 2.45) is 0 Å². The van der Waals surface area contributed by atoms with E-state index in [1.54, 1.807) is 6.33 Å². The summed E-state index contributed by atoms with van der Waals surface area (Å²) in [4.78, 5) is 8.87. The van der Waals surface area contributed by atoms with Crippen LogP contribution in [-0.4, -0.2) is 35.3 Å². The number of ether oxygens (including phenoxy) is 1. The summed E-state index contributed by atoms with van der Waals surface area (Å²) in [6.45, 7) is 10.3. The molecule has 118 valence electrons. The molecular weight excluding hydrogens is 264 g/mol. The van der Waals surface area contributed by atoms with Crippen LogP contribution in [0.15, 0.2) is 6.33 Å². The number of hydrogen-bond acceptors (Lipinski definition) is 5. The van der Waals surface area contributed by atoms with Gasteiger partial charge < -0.3 is 15.4 Å². The summed E-state index contributed by atoms with van der Waals surface area (Å²) >= 11 is 0. The Morgan fingerprint density at radius 2 is 1.95 bits per heavy atom. The van der Waals surface area contributed by atoms with Gasteiger partial charge in [0, 0.05) is 24.8 Å². The summed E-state index contributed by atoms with van der Waals surface area (Å²) in [6, 6.07) is 0.466. The first-order chi connectivity index (χ1) is 10.2. The van der Waals surface area contributed by atoms with Gasteiger partial charge in [0.1, 0.15) is 18.0 Å². The predicted molar refractivity (Wildman–Crippen MR) is 87.0 cm³/mol. The van der Waals surface area contributed by atoms with E-state index in [4.69, 9.17) is 4.74 Å². The van der Waals surface area contributed by atoms with Crippen LogP contribution in [0.3, 0.4) is 0 Å². The van der Waals surface area contributed by atoms with E-state index in [9.17, 15) is 0 Å². The number of rotatable bonds is 8. The lowest BCUT2D eigenvalue weighted by Crippen LogP contribution is -2.41. The highest BCUT2D eigenvalue weighted by Crippen LogP contribution is 2.32. The number of nitrogens with zero attached hydrogens (tertiary/aromatic N) is 2. The van der Waals surface area contributed by atoms with Crippen molar-refractivity contribution in [2.75, 3.05) is 23.8 Å². The summed E-state index contributed by atoms with van der Waals surface area (Å²) in [5.41, 5.74) is 1.19. The second kappa shape index (κ2) is 7.59. The summed E-state index contributed by atoms with van der Waals surface area (Å²) in [5.74, 6) is 2.32. The first-order valence-corrected chi connectivity index (χ1v) is 8.12. The Labute approximate surface area is 127 Å². The van der Waals surface area contributed by atoms with Crippen LogP contribution in [0, 0.1) is 0 Å². The Balaban J connectivity index is 2.05. The van der Waals surface area contributed by atoms with Crippen molar-refractivity contribution in [3.63, 3.8) is 0 Å². The van der Waals surface area contributed by atoms with Gasteiger partial charge in [0.15, 0.2) is 0 Å². The quantitative estimate of drug-likeness (QED) is 0.769. The predicted octanol–water partition coefficient (Wildman–Crippen LogP) is 3.40. The molecule has 5 heteroatoms. The van der Waals surface area contributed by atoms with Crippen LogP contribution in [0.2, 0.25) is 0 Å².